The van der Waals surface area contributed by atoms with Crippen LogP contribution in [0.2, 0.25) is 0 Å². The number of hydrogen-bond donors (Lipinski definition) is 1. The molecular formula is C20H25N3O2. The molecule has 2 fully saturated rings. The van der Waals surface area contributed by atoms with Crippen LogP contribution in [-0.2, 0) is 6.54 Å². The lowest BCUT2D eigenvalue weighted by Gasteiger charge is -2.38. The Bertz CT molecular complexity index is 724. The van der Waals surface area contributed by atoms with Crippen LogP contribution >= 0.6 is 0 Å². The summed E-state index contributed by atoms with van der Waals surface area (Å²) in [6, 6.07) is 13.0. The van der Waals surface area contributed by atoms with Crippen molar-refractivity contribution in [2.45, 2.75) is 57.2 Å². The lowest BCUT2D eigenvalue weighted by Crippen LogP contribution is -2.50. The molecular weight excluding hydrogens is 314 g/mol. The molecule has 2 aliphatic rings. The number of carbonyl (C=O) groups is 1. The summed E-state index contributed by atoms with van der Waals surface area (Å²) in [5, 5.41) is 7.08. The van der Waals surface area contributed by atoms with Gasteiger partial charge in [0.2, 0.25) is 0 Å². The van der Waals surface area contributed by atoms with Crippen LogP contribution in [0.25, 0.3) is 0 Å². The van der Waals surface area contributed by atoms with Crippen molar-refractivity contribution >= 4 is 5.91 Å². The maximum Gasteiger partial charge on any atom is 0.273 e. The van der Waals surface area contributed by atoms with Crippen LogP contribution in [0.15, 0.2) is 40.9 Å². The molecule has 0 spiro atoms. The highest BCUT2D eigenvalue weighted by Gasteiger charge is 2.30. The van der Waals surface area contributed by atoms with E-state index in [1.165, 1.54) is 5.56 Å². The molecule has 1 aliphatic heterocycles. The molecule has 1 saturated carbocycles. The van der Waals surface area contributed by atoms with Gasteiger partial charge in [-0.3, -0.25) is 9.69 Å². The first-order chi connectivity index (χ1) is 12.2. The fourth-order valence-corrected chi connectivity index (χ4v) is 3.55. The van der Waals surface area contributed by atoms with E-state index in [1.54, 1.807) is 6.07 Å². The minimum absolute atomic E-state index is 0.116. The number of amides is 1. The van der Waals surface area contributed by atoms with Crippen molar-refractivity contribution in [1.82, 2.24) is 15.4 Å². The second-order valence-corrected chi connectivity index (χ2v) is 7.40. The third-order valence-electron chi connectivity index (χ3n) is 5.32. The zero-order valence-corrected chi connectivity index (χ0v) is 14.6. The quantitative estimate of drug-likeness (QED) is 0.908. The van der Waals surface area contributed by atoms with Crippen LogP contribution in [0.3, 0.4) is 0 Å². The van der Waals surface area contributed by atoms with Crippen LogP contribution < -0.4 is 5.32 Å². The number of benzene rings is 1. The number of hydrogen-bond acceptors (Lipinski definition) is 4. The Morgan fingerprint density at radius 3 is 2.80 bits per heavy atom. The van der Waals surface area contributed by atoms with Gasteiger partial charge in [-0.05, 0) is 38.2 Å². The smallest absolute Gasteiger partial charge is 0.273 e. The normalized spacial score (nSPS) is 24.2. The Balaban J connectivity index is 1.36. The fourth-order valence-electron chi connectivity index (χ4n) is 3.55. The third-order valence-corrected chi connectivity index (χ3v) is 5.32. The summed E-state index contributed by atoms with van der Waals surface area (Å²) in [4.78, 5) is 14.9. The van der Waals surface area contributed by atoms with Gasteiger partial charge in [0.25, 0.3) is 5.91 Å². The van der Waals surface area contributed by atoms with Crippen LogP contribution in [0.5, 0.6) is 0 Å². The van der Waals surface area contributed by atoms with Crippen molar-refractivity contribution in [3.05, 3.63) is 53.4 Å². The van der Waals surface area contributed by atoms with E-state index in [0.29, 0.717) is 17.7 Å². The van der Waals surface area contributed by atoms with Crippen molar-refractivity contribution in [1.29, 1.82) is 0 Å². The molecule has 0 radical (unpaired) electrons. The van der Waals surface area contributed by atoms with Gasteiger partial charge >= 0.3 is 0 Å². The van der Waals surface area contributed by atoms with Crippen molar-refractivity contribution < 1.29 is 9.32 Å². The highest BCUT2D eigenvalue weighted by Crippen LogP contribution is 2.40. The maximum atomic E-state index is 12.5. The minimum Gasteiger partial charge on any atom is -0.360 e. The summed E-state index contributed by atoms with van der Waals surface area (Å²) in [6.45, 7) is 4.06. The molecule has 1 amide bonds. The van der Waals surface area contributed by atoms with E-state index >= 15 is 0 Å². The summed E-state index contributed by atoms with van der Waals surface area (Å²) in [7, 11) is 0. The highest BCUT2D eigenvalue weighted by atomic mass is 16.5. The second-order valence-electron chi connectivity index (χ2n) is 7.40. The summed E-state index contributed by atoms with van der Waals surface area (Å²) >= 11 is 0. The minimum atomic E-state index is -0.116. The summed E-state index contributed by atoms with van der Waals surface area (Å²) < 4.78 is 5.29. The van der Waals surface area contributed by atoms with Crippen LogP contribution in [-0.4, -0.2) is 34.6 Å². The highest BCUT2D eigenvalue weighted by molar-refractivity contribution is 5.92. The van der Waals surface area contributed by atoms with Crippen molar-refractivity contribution in [2.75, 3.05) is 6.54 Å². The largest absolute Gasteiger partial charge is 0.360 e. The van der Waals surface area contributed by atoms with Gasteiger partial charge in [-0.25, -0.2) is 0 Å². The Hall–Kier alpha value is -2.14. The number of nitrogens with one attached hydrogen (secondary N) is 1. The van der Waals surface area contributed by atoms with Crippen LogP contribution in [0.4, 0.5) is 0 Å². The zero-order valence-electron chi connectivity index (χ0n) is 14.6. The Kier molecular flexibility index (Phi) is 4.57. The van der Waals surface area contributed by atoms with Crippen molar-refractivity contribution in [3.8, 4) is 0 Å². The molecule has 1 aromatic heterocycles. The van der Waals surface area contributed by atoms with Gasteiger partial charge in [0.15, 0.2) is 5.69 Å². The SMILES string of the molecule is CC1CCC(NC(=O)c2cc(C3CC3)on2)CN1Cc1ccccc1. The van der Waals surface area contributed by atoms with Gasteiger partial charge in [-0.1, -0.05) is 35.5 Å². The van der Waals surface area contributed by atoms with E-state index in [9.17, 15) is 4.79 Å². The van der Waals surface area contributed by atoms with Gasteiger partial charge in [0.1, 0.15) is 5.76 Å². The van der Waals surface area contributed by atoms with Gasteiger partial charge < -0.3 is 9.84 Å². The predicted molar refractivity (Wildman–Crippen MR) is 95.3 cm³/mol. The van der Waals surface area contributed by atoms with Gasteiger partial charge in [-0.15, -0.1) is 0 Å². The molecule has 2 atom stereocenters. The van der Waals surface area contributed by atoms with Crippen molar-refractivity contribution in [3.63, 3.8) is 0 Å². The van der Waals surface area contributed by atoms with Crippen molar-refractivity contribution in [2.24, 2.45) is 0 Å². The average molecular weight is 339 g/mol. The van der Waals surface area contributed by atoms with E-state index in [0.717, 1.165) is 44.5 Å². The second kappa shape index (κ2) is 7.00. The number of rotatable bonds is 5. The molecule has 4 rings (SSSR count). The first-order valence-corrected chi connectivity index (χ1v) is 9.24. The lowest BCUT2D eigenvalue weighted by molar-refractivity contribution is 0.0844. The monoisotopic (exact) mass is 339 g/mol. The topological polar surface area (TPSA) is 58.4 Å². The number of aromatic nitrogens is 1. The summed E-state index contributed by atoms with van der Waals surface area (Å²) in [6.07, 6.45) is 4.38. The molecule has 1 aliphatic carbocycles. The molecule has 1 saturated heterocycles. The lowest BCUT2D eigenvalue weighted by atomic mass is 9.98. The van der Waals surface area contributed by atoms with Gasteiger partial charge in [0, 0.05) is 37.2 Å². The van der Waals surface area contributed by atoms with Gasteiger partial charge in [0.05, 0.1) is 0 Å². The molecule has 2 heterocycles. The number of piperidine rings is 1. The molecule has 5 heteroatoms. The predicted octanol–water partition coefficient (Wildman–Crippen LogP) is 3.33. The molecule has 2 unspecified atom stereocenters. The van der Waals surface area contributed by atoms with E-state index in [1.807, 2.05) is 6.07 Å². The number of carbonyl (C=O) groups excluding carboxylic acids is 1. The Morgan fingerprint density at radius 1 is 1.24 bits per heavy atom. The Labute approximate surface area is 148 Å². The molecule has 0 bridgehead atoms. The fraction of sp³-hybridized carbons (Fsp3) is 0.500. The summed E-state index contributed by atoms with van der Waals surface area (Å²) in [5.41, 5.74) is 1.72. The molecule has 132 valence electrons. The number of nitrogens with zero attached hydrogens (tertiary/aromatic N) is 2. The average Bonchev–Trinajstić information content (AvgIpc) is 3.35. The van der Waals surface area contributed by atoms with E-state index in [-0.39, 0.29) is 11.9 Å². The molecule has 5 nitrogen and oxygen atoms in total. The number of likely N-dealkylation sites (tertiary alicyclic amines) is 1. The first-order valence-electron chi connectivity index (χ1n) is 9.24. The molecule has 1 N–H and O–H groups in total. The van der Waals surface area contributed by atoms with E-state index < -0.39 is 0 Å². The van der Waals surface area contributed by atoms with Crippen LogP contribution in [0, 0.1) is 0 Å². The maximum absolute atomic E-state index is 12.5. The zero-order chi connectivity index (χ0) is 17.2. The molecule has 1 aromatic carbocycles. The first kappa shape index (κ1) is 16.3. The van der Waals surface area contributed by atoms with Crippen LogP contribution in [0.1, 0.15) is 60.3 Å². The summed E-state index contributed by atoms with van der Waals surface area (Å²) in [5.74, 6) is 1.22. The molecule has 2 aromatic rings. The standard InChI is InChI=1S/C20H25N3O2/c1-14-7-10-17(13-23(14)12-15-5-3-2-4-6-15)21-20(24)18-11-19(25-22-18)16-8-9-16/h2-6,11,14,16-17H,7-10,12-13H2,1H3,(H,21,24). The van der Waals surface area contributed by atoms with E-state index in [2.05, 4.69) is 46.6 Å². The van der Waals surface area contributed by atoms with Gasteiger partial charge in [-0.2, -0.15) is 0 Å². The molecule has 25 heavy (non-hydrogen) atoms. The third kappa shape index (κ3) is 3.93. The Morgan fingerprint density at radius 2 is 2.04 bits per heavy atom. The van der Waals surface area contributed by atoms with E-state index in [4.69, 9.17) is 4.52 Å².